The highest BCUT2D eigenvalue weighted by atomic mass is 32.2. The van der Waals surface area contributed by atoms with Gasteiger partial charge in [-0.2, -0.15) is 24.9 Å². The summed E-state index contributed by atoms with van der Waals surface area (Å²) in [6, 6.07) is -0.949. The molecule has 0 saturated carbocycles. The van der Waals surface area contributed by atoms with Crippen molar-refractivity contribution in [3.05, 3.63) is 0 Å². The summed E-state index contributed by atoms with van der Waals surface area (Å²) in [6.07, 6.45) is -4.04. The number of rotatable bonds is 9. The van der Waals surface area contributed by atoms with E-state index in [4.69, 9.17) is 10.8 Å². The van der Waals surface area contributed by atoms with Gasteiger partial charge in [-0.25, -0.2) is 0 Å². The van der Waals surface area contributed by atoms with Crippen LogP contribution in [0.1, 0.15) is 12.8 Å². The third-order valence-electron chi connectivity index (χ3n) is 2.33. The van der Waals surface area contributed by atoms with Gasteiger partial charge < -0.3 is 15.6 Å². The van der Waals surface area contributed by atoms with Gasteiger partial charge in [0.25, 0.3) is 0 Å². The van der Waals surface area contributed by atoms with Gasteiger partial charge in [0, 0.05) is 7.11 Å². The van der Waals surface area contributed by atoms with E-state index in [1.54, 1.807) is 0 Å². The Bertz CT molecular complexity index is 251. The standard InChI is InChI=1S/C10H18F3NO3S/c1-17-6-7(10(11,12)13)2-4-18-5-3-8(14)9(15)16/h7-8H,2-6,14H2,1H3,(H,15,16). The molecule has 3 N–H and O–H groups in total. The first kappa shape index (κ1) is 17.5. The molecule has 0 bridgehead atoms. The molecule has 108 valence electrons. The van der Waals surface area contributed by atoms with Gasteiger partial charge in [0.2, 0.25) is 0 Å². The third-order valence-corrected chi connectivity index (χ3v) is 3.38. The van der Waals surface area contributed by atoms with E-state index in [9.17, 15) is 18.0 Å². The van der Waals surface area contributed by atoms with Crippen molar-refractivity contribution in [2.45, 2.75) is 25.1 Å². The number of thioether (sulfide) groups is 1. The van der Waals surface area contributed by atoms with Crippen molar-refractivity contribution in [3.63, 3.8) is 0 Å². The van der Waals surface area contributed by atoms with Gasteiger partial charge in [0.05, 0.1) is 12.5 Å². The Labute approximate surface area is 108 Å². The molecule has 0 aliphatic rings. The molecule has 0 fully saturated rings. The lowest BCUT2D eigenvalue weighted by molar-refractivity contribution is -0.186. The van der Waals surface area contributed by atoms with Gasteiger partial charge in [0.1, 0.15) is 6.04 Å². The summed E-state index contributed by atoms with van der Waals surface area (Å²) in [6.45, 7) is -0.349. The number of ether oxygens (including phenoxy) is 1. The normalized spacial score (nSPS) is 15.4. The van der Waals surface area contributed by atoms with E-state index in [0.29, 0.717) is 11.5 Å². The van der Waals surface area contributed by atoms with Gasteiger partial charge in [-0.1, -0.05) is 0 Å². The maximum absolute atomic E-state index is 12.5. The SMILES string of the molecule is COCC(CCSCCC(N)C(=O)O)C(F)(F)F. The van der Waals surface area contributed by atoms with Crippen molar-refractivity contribution in [2.24, 2.45) is 11.7 Å². The maximum atomic E-state index is 12.5. The molecule has 8 heteroatoms. The second kappa shape index (κ2) is 8.60. The lowest BCUT2D eigenvalue weighted by Crippen LogP contribution is -2.30. The van der Waals surface area contributed by atoms with Crippen LogP contribution in [0.25, 0.3) is 0 Å². The van der Waals surface area contributed by atoms with Crippen LogP contribution in [0, 0.1) is 5.92 Å². The number of nitrogens with two attached hydrogens (primary N) is 1. The number of aliphatic carboxylic acids is 1. The van der Waals surface area contributed by atoms with E-state index in [2.05, 4.69) is 4.74 Å². The zero-order valence-corrected chi connectivity index (χ0v) is 10.9. The van der Waals surface area contributed by atoms with Crippen LogP contribution < -0.4 is 5.73 Å². The van der Waals surface area contributed by atoms with Crippen molar-refractivity contribution < 1.29 is 27.8 Å². The Kier molecular flexibility index (Phi) is 8.38. The van der Waals surface area contributed by atoms with E-state index in [1.165, 1.54) is 18.9 Å². The van der Waals surface area contributed by atoms with Gasteiger partial charge in [0.15, 0.2) is 0 Å². The van der Waals surface area contributed by atoms with Crippen molar-refractivity contribution in [2.75, 3.05) is 25.2 Å². The van der Waals surface area contributed by atoms with Crippen molar-refractivity contribution >= 4 is 17.7 Å². The number of halogens is 3. The van der Waals surface area contributed by atoms with Gasteiger partial charge in [-0.15, -0.1) is 0 Å². The quantitative estimate of drug-likeness (QED) is 0.633. The number of hydrogen-bond acceptors (Lipinski definition) is 4. The first-order valence-corrected chi connectivity index (χ1v) is 6.56. The second-order valence-corrected chi connectivity index (χ2v) is 5.05. The molecule has 0 heterocycles. The second-order valence-electron chi connectivity index (χ2n) is 3.83. The number of methoxy groups -OCH3 is 1. The molecule has 4 nitrogen and oxygen atoms in total. The monoisotopic (exact) mass is 289 g/mol. The van der Waals surface area contributed by atoms with E-state index in [-0.39, 0.29) is 19.4 Å². The highest BCUT2D eigenvalue weighted by Crippen LogP contribution is 2.30. The Hall–Kier alpha value is -0.470. The van der Waals surface area contributed by atoms with Crippen molar-refractivity contribution in [1.82, 2.24) is 0 Å². The third kappa shape index (κ3) is 7.78. The Morgan fingerprint density at radius 1 is 1.39 bits per heavy atom. The molecule has 2 unspecified atom stereocenters. The van der Waals surface area contributed by atoms with Crippen molar-refractivity contribution in [1.29, 1.82) is 0 Å². The molecule has 0 rings (SSSR count). The average Bonchev–Trinajstić information content (AvgIpc) is 2.25. The Morgan fingerprint density at radius 3 is 2.39 bits per heavy atom. The van der Waals surface area contributed by atoms with Crippen LogP contribution in [0.2, 0.25) is 0 Å². The Morgan fingerprint density at radius 2 is 1.94 bits per heavy atom. The zero-order chi connectivity index (χ0) is 14.2. The number of alkyl halides is 3. The van der Waals surface area contributed by atoms with E-state index in [1.807, 2.05) is 0 Å². The lowest BCUT2D eigenvalue weighted by atomic mass is 10.1. The summed E-state index contributed by atoms with van der Waals surface area (Å²) in [5.41, 5.74) is 5.26. The smallest absolute Gasteiger partial charge is 0.394 e. The number of carboxylic acid groups (broad SMARTS) is 1. The van der Waals surface area contributed by atoms with E-state index in [0.717, 1.165) is 0 Å². The van der Waals surface area contributed by atoms with Crippen LogP contribution in [-0.4, -0.2) is 48.5 Å². The fraction of sp³-hybridized carbons (Fsp3) is 0.900. The molecule has 0 aliphatic carbocycles. The number of hydrogen-bond donors (Lipinski definition) is 2. The molecule has 0 saturated heterocycles. The average molecular weight is 289 g/mol. The summed E-state index contributed by atoms with van der Waals surface area (Å²) in [4.78, 5) is 10.4. The first-order valence-electron chi connectivity index (χ1n) is 5.40. The minimum absolute atomic E-state index is 0.0374. The van der Waals surface area contributed by atoms with Crippen LogP contribution in [0.5, 0.6) is 0 Å². The highest BCUT2D eigenvalue weighted by Gasteiger charge is 2.38. The molecule has 2 atom stereocenters. The summed E-state index contributed by atoms with van der Waals surface area (Å²) < 4.78 is 41.9. The van der Waals surface area contributed by atoms with Crippen LogP contribution in [0.3, 0.4) is 0 Å². The fourth-order valence-electron chi connectivity index (χ4n) is 1.20. The molecule has 0 aromatic carbocycles. The van der Waals surface area contributed by atoms with Gasteiger partial charge in [-0.3, -0.25) is 4.79 Å². The number of carbonyl (C=O) groups is 1. The fourth-order valence-corrected chi connectivity index (χ4v) is 2.28. The molecule has 0 aliphatic heterocycles. The highest BCUT2D eigenvalue weighted by molar-refractivity contribution is 7.99. The summed E-state index contributed by atoms with van der Waals surface area (Å²) in [7, 11) is 1.23. The van der Waals surface area contributed by atoms with Crippen molar-refractivity contribution in [3.8, 4) is 0 Å². The maximum Gasteiger partial charge on any atom is 0.394 e. The minimum atomic E-state index is -4.26. The lowest BCUT2D eigenvalue weighted by Gasteiger charge is -2.19. The van der Waals surface area contributed by atoms with Gasteiger partial charge in [-0.05, 0) is 24.3 Å². The van der Waals surface area contributed by atoms with Crippen LogP contribution >= 0.6 is 11.8 Å². The Balaban J connectivity index is 3.77. The van der Waals surface area contributed by atoms with Gasteiger partial charge >= 0.3 is 12.1 Å². The molecular formula is C10H18F3NO3S. The van der Waals surface area contributed by atoms with Crippen LogP contribution in [-0.2, 0) is 9.53 Å². The summed E-state index contributed by atoms with van der Waals surface area (Å²) in [5.74, 6) is -1.82. The molecule has 0 radical (unpaired) electrons. The predicted molar refractivity (Wildman–Crippen MR) is 63.6 cm³/mol. The van der Waals surface area contributed by atoms with Crippen LogP contribution in [0.4, 0.5) is 13.2 Å². The molecular weight excluding hydrogens is 271 g/mol. The largest absolute Gasteiger partial charge is 0.480 e. The van der Waals surface area contributed by atoms with E-state index < -0.39 is 24.1 Å². The number of carboxylic acids is 1. The molecule has 0 amide bonds. The summed E-state index contributed by atoms with van der Waals surface area (Å²) in [5, 5.41) is 8.50. The van der Waals surface area contributed by atoms with E-state index >= 15 is 0 Å². The summed E-state index contributed by atoms with van der Waals surface area (Å²) >= 11 is 1.27. The molecule has 0 spiro atoms. The predicted octanol–water partition coefficient (Wildman–Crippen LogP) is 1.74. The first-order chi connectivity index (χ1) is 8.29. The molecule has 0 aromatic rings. The van der Waals surface area contributed by atoms with Crippen LogP contribution in [0.15, 0.2) is 0 Å². The molecule has 0 aromatic heterocycles. The minimum Gasteiger partial charge on any atom is -0.480 e. The zero-order valence-electron chi connectivity index (χ0n) is 10.1. The molecule has 18 heavy (non-hydrogen) atoms. The topological polar surface area (TPSA) is 72.5 Å².